The molecule has 0 aliphatic carbocycles. The second kappa shape index (κ2) is 6.26. The lowest BCUT2D eigenvalue weighted by Crippen LogP contribution is -2.43. The van der Waals surface area contributed by atoms with Crippen molar-refractivity contribution in [2.24, 2.45) is 5.92 Å². The summed E-state index contributed by atoms with van der Waals surface area (Å²) >= 11 is 0. The highest BCUT2D eigenvalue weighted by Crippen LogP contribution is 2.17. The Bertz CT molecular complexity index is 528. The maximum Gasteiger partial charge on any atom is 0.274 e. The lowest BCUT2D eigenvalue weighted by atomic mass is 10.1. The Kier molecular flexibility index (Phi) is 4.62. The van der Waals surface area contributed by atoms with Crippen molar-refractivity contribution >= 4 is 11.8 Å². The standard InChI is InChI=1S/C14H22N4O3/c1-9-5-17(11(3)20)7-10(2)18(6-9)14(21)13-4-12(8-19)15-16-13/h4,9-10,19H,5-8H2,1-3H3,(H,15,16). The van der Waals surface area contributed by atoms with Crippen LogP contribution in [0.5, 0.6) is 0 Å². The van der Waals surface area contributed by atoms with E-state index in [-0.39, 0.29) is 30.4 Å². The summed E-state index contributed by atoms with van der Waals surface area (Å²) < 4.78 is 0. The van der Waals surface area contributed by atoms with Crippen molar-refractivity contribution in [1.82, 2.24) is 20.0 Å². The minimum atomic E-state index is -0.176. The molecule has 2 unspecified atom stereocenters. The van der Waals surface area contributed by atoms with Gasteiger partial charge in [-0.05, 0) is 18.9 Å². The number of aliphatic hydroxyl groups is 1. The SMILES string of the molecule is CC(=O)N1CC(C)CN(C(=O)c2cc(CO)[nH]n2)C(C)C1. The first kappa shape index (κ1) is 15.5. The first-order valence-corrected chi connectivity index (χ1v) is 7.14. The van der Waals surface area contributed by atoms with Crippen molar-refractivity contribution in [3.8, 4) is 0 Å². The third-order valence-electron chi connectivity index (χ3n) is 3.78. The van der Waals surface area contributed by atoms with Gasteiger partial charge in [-0.25, -0.2) is 0 Å². The Morgan fingerprint density at radius 3 is 2.67 bits per heavy atom. The molecule has 2 amide bonds. The topological polar surface area (TPSA) is 89.5 Å². The molecule has 0 bridgehead atoms. The predicted octanol–water partition coefficient (Wildman–Crippen LogP) is 0.231. The Balaban J connectivity index is 2.17. The molecule has 1 aromatic heterocycles. The minimum absolute atomic E-state index is 0.0327. The molecular weight excluding hydrogens is 272 g/mol. The molecule has 7 heteroatoms. The van der Waals surface area contributed by atoms with Crippen LogP contribution in [0.4, 0.5) is 0 Å². The summed E-state index contributed by atoms with van der Waals surface area (Å²) in [6, 6.07) is 1.49. The van der Waals surface area contributed by atoms with E-state index < -0.39 is 0 Å². The van der Waals surface area contributed by atoms with Gasteiger partial charge in [0.15, 0.2) is 5.69 Å². The molecule has 1 aliphatic rings. The normalized spacial score (nSPS) is 23.0. The van der Waals surface area contributed by atoms with Crippen LogP contribution in [0.15, 0.2) is 6.07 Å². The molecule has 2 rings (SSSR count). The number of carbonyl (C=O) groups is 2. The van der Waals surface area contributed by atoms with Gasteiger partial charge in [-0.2, -0.15) is 5.10 Å². The maximum atomic E-state index is 12.6. The number of carbonyl (C=O) groups excluding carboxylic acids is 2. The predicted molar refractivity (Wildman–Crippen MR) is 76.4 cm³/mol. The summed E-state index contributed by atoms with van der Waals surface area (Å²) in [4.78, 5) is 27.7. The van der Waals surface area contributed by atoms with Crippen LogP contribution in [0, 0.1) is 5.92 Å². The van der Waals surface area contributed by atoms with Gasteiger partial charge in [-0.15, -0.1) is 0 Å². The molecule has 0 aromatic carbocycles. The van der Waals surface area contributed by atoms with E-state index in [0.717, 1.165) is 0 Å². The average Bonchev–Trinajstić information content (AvgIpc) is 2.86. The summed E-state index contributed by atoms with van der Waals surface area (Å²) in [5.74, 6) is 0.0695. The highest BCUT2D eigenvalue weighted by Gasteiger charge is 2.31. The van der Waals surface area contributed by atoms with Gasteiger partial charge in [-0.1, -0.05) is 6.92 Å². The molecule has 2 atom stereocenters. The van der Waals surface area contributed by atoms with Gasteiger partial charge in [0.1, 0.15) is 0 Å². The van der Waals surface area contributed by atoms with E-state index in [0.29, 0.717) is 31.0 Å². The number of hydrogen-bond donors (Lipinski definition) is 2. The average molecular weight is 294 g/mol. The summed E-state index contributed by atoms with van der Waals surface area (Å²) in [5, 5.41) is 15.6. The number of aliphatic hydroxyl groups excluding tert-OH is 1. The molecule has 1 saturated heterocycles. The number of nitrogens with one attached hydrogen (secondary N) is 1. The van der Waals surface area contributed by atoms with Crippen LogP contribution in [-0.2, 0) is 11.4 Å². The van der Waals surface area contributed by atoms with E-state index >= 15 is 0 Å². The second-order valence-corrected chi connectivity index (χ2v) is 5.77. The fourth-order valence-corrected chi connectivity index (χ4v) is 2.68. The van der Waals surface area contributed by atoms with Crippen molar-refractivity contribution in [2.45, 2.75) is 33.4 Å². The Morgan fingerprint density at radius 2 is 2.10 bits per heavy atom. The van der Waals surface area contributed by atoms with Crippen molar-refractivity contribution in [2.75, 3.05) is 19.6 Å². The Morgan fingerprint density at radius 1 is 1.38 bits per heavy atom. The van der Waals surface area contributed by atoms with Crippen molar-refractivity contribution in [1.29, 1.82) is 0 Å². The molecule has 7 nitrogen and oxygen atoms in total. The lowest BCUT2D eigenvalue weighted by Gasteiger charge is -2.28. The minimum Gasteiger partial charge on any atom is -0.390 e. The summed E-state index contributed by atoms with van der Waals surface area (Å²) in [6.45, 7) is 7.12. The molecule has 116 valence electrons. The molecule has 21 heavy (non-hydrogen) atoms. The van der Waals surface area contributed by atoms with Crippen LogP contribution >= 0.6 is 0 Å². The third-order valence-corrected chi connectivity index (χ3v) is 3.78. The zero-order valence-electron chi connectivity index (χ0n) is 12.7. The lowest BCUT2D eigenvalue weighted by molar-refractivity contribution is -0.129. The van der Waals surface area contributed by atoms with Gasteiger partial charge >= 0.3 is 0 Å². The smallest absolute Gasteiger partial charge is 0.274 e. The van der Waals surface area contributed by atoms with Crippen LogP contribution in [0.2, 0.25) is 0 Å². The Labute approximate surface area is 123 Å². The molecule has 1 fully saturated rings. The molecule has 1 aliphatic heterocycles. The number of nitrogens with zero attached hydrogens (tertiary/aromatic N) is 3. The molecule has 2 N–H and O–H groups in total. The molecular formula is C14H22N4O3. The highest BCUT2D eigenvalue weighted by molar-refractivity contribution is 5.92. The van der Waals surface area contributed by atoms with E-state index in [1.54, 1.807) is 22.8 Å². The van der Waals surface area contributed by atoms with Gasteiger partial charge < -0.3 is 14.9 Å². The van der Waals surface area contributed by atoms with Gasteiger partial charge in [0, 0.05) is 32.6 Å². The van der Waals surface area contributed by atoms with Crippen molar-refractivity contribution in [3.63, 3.8) is 0 Å². The maximum absolute atomic E-state index is 12.6. The monoisotopic (exact) mass is 294 g/mol. The molecule has 0 spiro atoms. The van der Waals surface area contributed by atoms with Gasteiger partial charge in [0.2, 0.25) is 5.91 Å². The van der Waals surface area contributed by atoms with Crippen LogP contribution in [0.25, 0.3) is 0 Å². The van der Waals surface area contributed by atoms with E-state index in [4.69, 9.17) is 5.11 Å². The fraction of sp³-hybridized carbons (Fsp3) is 0.643. The second-order valence-electron chi connectivity index (χ2n) is 5.77. The van der Waals surface area contributed by atoms with Crippen LogP contribution < -0.4 is 0 Å². The number of aromatic amines is 1. The number of amides is 2. The Hall–Kier alpha value is -1.89. The number of rotatable bonds is 2. The zero-order chi connectivity index (χ0) is 15.6. The number of H-pyrrole nitrogens is 1. The summed E-state index contributed by atoms with van der Waals surface area (Å²) in [6.07, 6.45) is 0. The van der Waals surface area contributed by atoms with Gasteiger partial charge in [0.05, 0.1) is 12.3 Å². The van der Waals surface area contributed by atoms with E-state index in [2.05, 4.69) is 10.2 Å². The zero-order valence-corrected chi connectivity index (χ0v) is 12.7. The van der Waals surface area contributed by atoms with Crippen LogP contribution in [0.3, 0.4) is 0 Å². The first-order valence-electron chi connectivity index (χ1n) is 7.14. The molecule has 0 radical (unpaired) electrons. The van der Waals surface area contributed by atoms with Gasteiger partial charge in [0.25, 0.3) is 5.91 Å². The van der Waals surface area contributed by atoms with Gasteiger partial charge in [-0.3, -0.25) is 14.7 Å². The molecule has 0 saturated carbocycles. The van der Waals surface area contributed by atoms with Crippen LogP contribution in [0.1, 0.15) is 37.0 Å². The van der Waals surface area contributed by atoms with E-state index in [1.807, 2.05) is 13.8 Å². The van der Waals surface area contributed by atoms with Crippen molar-refractivity contribution in [3.05, 3.63) is 17.5 Å². The largest absolute Gasteiger partial charge is 0.390 e. The fourth-order valence-electron chi connectivity index (χ4n) is 2.68. The van der Waals surface area contributed by atoms with Crippen molar-refractivity contribution < 1.29 is 14.7 Å². The first-order chi connectivity index (χ1) is 9.92. The summed E-state index contributed by atoms with van der Waals surface area (Å²) in [5.41, 5.74) is 0.814. The molecule has 2 heterocycles. The summed E-state index contributed by atoms with van der Waals surface area (Å²) in [7, 11) is 0. The number of aromatic nitrogens is 2. The highest BCUT2D eigenvalue weighted by atomic mass is 16.3. The third kappa shape index (κ3) is 3.41. The number of hydrogen-bond acceptors (Lipinski definition) is 4. The molecule has 1 aromatic rings. The van der Waals surface area contributed by atoms with E-state index in [9.17, 15) is 9.59 Å². The van der Waals surface area contributed by atoms with E-state index in [1.165, 1.54) is 0 Å². The van der Waals surface area contributed by atoms with Crippen LogP contribution in [-0.4, -0.2) is 62.6 Å². The quantitative estimate of drug-likeness (QED) is 0.817.